The van der Waals surface area contributed by atoms with Crippen LogP contribution in [0.5, 0.6) is 0 Å². The number of rotatable bonds is 3. The summed E-state index contributed by atoms with van der Waals surface area (Å²) in [7, 11) is 0. The molecule has 0 saturated heterocycles. The zero-order valence-electron chi connectivity index (χ0n) is 10.6. The molecule has 3 heteroatoms. The van der Waals surface area contributed by atoms with E-state index >= 15 is 0 Å². The van der Waals surface area contributed by atoms with Gasteiger partial charge < -0.3 is 14.6 Å². The zero-order chi connectivity index (χ0) is 12.5. The molecule has 2 aromatic rings. The van der Waals surface area contributed by atoms with E-state index in [2.05, 4.69) is 52.9 Å². The Bertz CT molecular complexity index is 559. The SMILES string of the molecule is Cc1cc2n(c1)CN(CCCO)c1ccccc1-2. The van der Waals surface area contributed by atoms with Crippen LogP contribution in [0.15, 0.2) is 36.5 Å². The number of anilines is 1. The highest BCUT2D eigenvalue weighted by molar-refractivity contribution is 5.79. The van der Waals surface area contributed by atoms with E-state index in [1.807, 2.05) is 0 Å². The van der Waals surface area contributed by atoms with Crippen molar-refractivity contribution < 1.29 is 5.11 Å². The summed E-state index contributed by atoms with van der Waals surface area (Å²) in [6, 6.07) is 10.7. The highest BCUT2D eigenvalue weighted by Gasteiger charge is 2.20. The average Bonchev–Trinajstić information content (AvgIpc) is 2.76. The quantitative estimate of drug-likeness (QED) is 0.896. The summed E-state index contributed by atoms with van der Waals surface area (Å²) in [5, 5.41) is 9.01. The van der Waals surface area contributed by atoms with Crippen LogP contribution in [0.4, 0.5) is 5.69 Å². The van der Waals surface area contributed by atoms with E-state index in [-0.39, 0.29) is 6.61 Å². The van der Waals surface area contributed by atoms with Crippen LogP contribution >= 0.6 is 0 Å². The van der Waals surface area contributed by atoms with Gasteiger partial charge in [-0.05, 0) is 31.0 Å². The fourth-order valence-electron chi connectivity index (χ4n) is 2.68. The molecular weight excluding hydrogens is 224 g/mol. The van der Waals surface area contributed by atoms with E-state index in [0.29, 0.717) is 0 Å². The predicted octanol–water partition coefficient (Wildman–Crippen LogP) is 2.62. The Morgan fingerprint density at radius 1 is 1.28 bits per heavy atom. The second kappa shape index (κ2) is 4.50. The molecule has 3 nitrogen and oxygen atoms in total. The number of nitrogens with zero attached hydrogens (tertiary/aromatic N) is 2. The van der Waals surface area contributed by atoms with Gasteiger partial charge in [-0.25, -0.2) is 0 Å². The minimum atomic E-state index is 0.246. The number of aliphatic hydroxyl groups is 1. The van der Waals surface area contributed by atoms with Gasteiger partial charge in [0.2, 0.25) is 0 Å². The third kappa shape index (κ3) is 1.81. The molecule has 0 amide bonds. The molecule has 0 unspecified atom stereocenters. The number of hydrogen-bond acceptors (Lipinski definition) is 2. The lowest BCUT2D eigenvalue weighted by molar-refractivity contribution is 0.288. The Morgan fingerprint density at radius 3 is 2.94 bits per heavy atom. The number of aromatic nitrogens is 1. The number of para-hydroxylation sites is 1. The summed E-state index contributed by atoms with van der Waals surface area (Å²) >= 11 is 0. The van der Waals surface area contributed by atoms with Crippen LogP contribution in [0.25, 0.3) is 11.3 Å². The van der Waals surface area contributed by atoms with Gasteiger partial charge in [0.15, 0.2) is 0 Å². The lowest BCUT2D eigenvalue weighted by Crippen LogP contribution is -2.31. The Hall–Kier alpha value is -1.74. The maximum atomic E-state index is 9.01. The molecule has 0 bridgehead atoms. The van der Waals surface area contributed by atoms with Crippen molar-refractivity contribution in [3.8, 4) is 11.3 Å². The molecule has 1 aliphatic rings. The summed E-state index contributed by atoms with van der Waals surface area (Å²) in [5.74, 6) is 0. The Kier molecular flexibility index (Phi) is 2.84. The fourth-order valence-corrected chi connectivity index (χ4v) is 2.68. The number of aliphatic hydroxyl groups excluding tert-OH is 1. The third-order valence-electron chi connectivity index (χ3n) is 3.46. The van der Waals surface area contributed by atoms with Crippen molar-refractivity contribution in [1.82, 2.24) is 4.57 Å². The topological polar surface area (TPSA) is 28.4 Å². The van der Waals surface area contributed by atoms with Gasteiger partial charge in [0, 0.05) is 30.6 Å². The van der Waals surface area contributed by atoms with Crippen LogP contribution in [-0.4, -0.2) is 22.8 Å². The number of aryl methyl sites for hydroxylation is 1. The molecule has 0 radical (unpaired) electrons. The Morgan fingerprint density at radius 2 is 2.11 bits per heavy atom. The minimum absolute atomic E-state index is 0.246. The average molecular weight is 242 g/mol. The van der Waals surface area contributed by atoms with Crippen LogP contribution in [0.3, 0.4) is 0 Å². The molecule has 1 N–H and O–H groups in total. The van der Waals surface area contributed by atoms with E-state index in [1.165, 1.54) is 22.5 Å². The Labute approximate surface area is 107 Å². The number of benzene rings is 1. The van der Waals surface area contributed by atoms with Crippen LogP contribution in [0, 0.1) is 6.92 Å². The predicted molar refractivity (Wildman–Crippen MR) is 73.7 cm³/mol. The molecule has 0 spiro atoms. The van der Waals surface area contributed by atoms with Gasteiger partial charge in [-0.3, -0.25) is 0 Å². The van der Waals surface area contributed by atoms with Gasteiger partial charge in [-0.2, -0.15) is 0 Å². The van der Waals surface area contributed by atoms with E-state index in [1.54, 1.807) is 0 Å². The molecule has 0 atom stereocenters. The van der Waals surface area contributed by atoms with Crippen LogP contribution < -0.4 is 4.90 Å². The second-order valence-corrected chi connectivity index (χ2v) is 4.87. The molecule has 18 heavy (non-hydrogen) atoms. The summed E-state index contributed by atoms with van der Waals surface area (Å²) in [6.45, 7) is 4.15. The lowest BCUT2D eigenvalue weighted by Gasteiger charge is -2.32. The van der Waals surface area contributed by atoms with E-state index in [4.69, 9.17) is 5.11 Å². The first-order valence-electron chi connectivity index (χ1n) is 6.41. The third-order valence-corrected chi connectivity index (χ3v) is 3.46. The van der Waals surface area contributed by atoms with Gasteiger partial charge in [-0.1, -0.05) is 18.2 Å². The largest absolute Gasteiger partial charge is 0.396 e. The molecule has 0 aliphatic carbocycles. The molecule has 94 valence electrons. The monoisotopic (exact) mass is 242 g/mol. The standard InChI is InChI=1S/C15H18N2O/c1-12-9-15-13-5-2-3-6-14(13)16(7-4-8-18)11-17(15)10-12/h2-3,5-6,9-10,18H,4,7-8,11H2,1H3. The Balaban J connectivity index is 2.05. The summed E-state index contributed by atoms with van der Waals surface area (Å²) in [5.41, 5.74) is 5.15. The molecule has 1 aliphatic heterocycles. The normalized spacial score (nSPS) is 13.3. The first-order valence-corrected chi connectivity index (χ1v) is 6.41. The number of fused-ring (bicyclic) bond motifs is 3. The molecule has 0 saturated carbocycles. The summed E-state index contributed by atoms with van der Waals surface area (Å²) < 4.78 is 2.29. The first kappa shape index (κ1) is 11.4. The smallest absolute Gasteiger partial charge is 0.0946 e. The summed E-state index contributed by atoms with van der Waals surface area (Å²) in [4.78, 5) is 2.33. The van der Waals surface area contributed by atoms with E-state index in [0.717, 1.165) is 19.6 Å². The highest BCUT2D eigenvalue weighted by Crippen LogP contribution is 2.36. The maximum Gasteiger partial charge on any atom is 0.0946 e. The van der Waals surface area contributed by atoms with Crippen LogP contribution in [-0.2, 0) is 6.67 Å². The fraction of sp³-hybridized carbons (Fsp3) is 0.333. The summed E-state index contributed by atoms with van der Waals surface area (Å²) in [6.07, 6.45) is 3.00. The van der Waals surface area contributed by atoms with Gasteiger partial charge in [0.05, 0.1) is 12.4 Å². The maximum absolute atomic E-state index is 9.01. The van der Waals surface area contributed by atoms with Crippen molar-refractivity contribution in [1.29, 1.82) is 0 Å². The van der Waals surface area contributed by atoms with Gasteiger partial charge in [0.25, 0.3) is 0 Å². The van der Waals surface area contributed by atoms with Crippen molar-refractivity contribution in [2.75, 3.05) is 18.1 Å². The van der Waals surface area contributed by atoms with Crippen LogP contribution in [0.1, 0.15) is 12.0 Å². The molecular formula is C15H18N2O. The molecule has 2 heterocycles. The number of hydrogen-bond donors (Lipinski definition) is 1. The second-order valence-electron chi connectivity index (χ2n) is 4.87. The minimum Gasteiger partial charge on any atom is -0.396 e. The van der Waals surface area contributed by atoms with Crippen molar-refractivity contribution in [2.45, 2.75) is 20.0 Å². The first-order chi connectivity index (χ1) is 8.79. The van der Waals surface area contributed by atoms with E-state index in [9.17, 15) is 0 Å². The van der Waals surface area contributed by atoms with Crippen molar-refractivity contribution in [3.63, 3.8) is 0 Å². The lowest BCUT2D eigenvalue weighted by atomic mass is 10.1. The van der Waals surface area contributed by atoms with Gasteiger partial charge in [0.1, 0.15) is 0 Å². The van der Waals surface area contributed by atoms with Crippen molar-refractivity contribution >= 4 is 5.69 Å². The van der Waals surface area contributed by atoms with Crippen LogP contribution in [0.2, 0.25) is 0 Å². The molecule has 1 aromatic carbocycles. The highest BCUT2D eigenvalue weighted by atomic mass is 16.3. The van der Waals surface area contributed by atoms with Gasteiger partial charge in [-0.15, -0.1) is 0 Å². The van der Waals surface area contributed by atoms with Crippen molar-refractivity contribution in [3.05, 3.63) is 42.1 Å². The van der Waals surface area contributed by atoms with Gasteiger partial charge >= 0.3 is 0 Å². The molecule has 3 rings (SSSR count). The van der Waals surface area contributed by atoms with Crippen molar-refractivity contribution in [2.24, 2.45) is 0 Å². The molecule has 0 fully saturated rings. The van der Waals surface area contributed by atoms with E-state index < -0.39 is 0 Å². The molecule has 1 aromatic heterocycles. The zero-order valence-corrected chi connectivity index (χ0v) is 10.6.